The monoisotopic (exact) mass is 191 g/mol. The van der Waals surface area contributed by atoms with E-state index in [4.69, 9.17) is 11.6 Å². The van der Waals surface area contributed by atoms with Gasteiger partial charge in [-0.15, -0.1) is 0 Å². The molecule has 0 unspecified atom stereocenters. The van der Waals surface area contributed by atoms with Crippen molar-refractivity contribution in [2.24, 2.45) is 11.6 Å². The molecule has 0 radical (unpaired) electrons. The highest BCUT2D eigenvalue weighted by Gasteiger charge is 2.01. The van der Waals surface area contributed by atoms with Gasteiger partial charge < -0.3 is 11.2 Å². The molecule has 1 aromatic carbocycles. The van der Waals surface area contributed by atoms with Crippen LogP contribution in [0, 0.1) is 0 Å². The molecule has 0 spiro atoms. The van der Waals surface area contributed by atoms with Crippen molar-refractivity contribution in [1.82, 2.24) is 5.43 Å². The molecule has 3 nitrogen and oxygen atoms in total. The average molecular weight is 191 g/mol. The zero-order valence-corrected chi connectivity index (χ0v) is 8.62. The summed E-state index contributed by atoms with van der Waals surface area (Å²) < 4.78 is 0. The Bertz CT molecular complexity index is 312. The summed E-state index contributed by atoms with van der Waals surface area (Å²) in [5, 5.41) is 0. The van der Waals surface area contributed by atoms with Crippen molar-refractivity contribution in [3.05, 3.63) is 41.6 Å². The summed E-state index contributed by atoms with van der Waals surface area (Å²) in [5.74, 6) is 5.86. The van der Waals surface area contributed by atoms with E-state index in [0.717, 1.165) is 11.3 Å². The summed E-state index contributed by atoms with van der Waals surface area (Å²) in [4.78, 5) is 0. The average Bonchev–Trinajstić information content (AvgIpc) is 2.20. The van der Waals surface area contributed by atoms with Gasteiger partial charge in [-0.2, -0.15) is 0 Å². The van der Waals surface area contributed by atoms with Crippen LogP contribution in [0.5, 0.6) is 0 Å². The lowest BCUT2D eigenvalue weighted by Gasteiger charge is -2.08. The molecule has 0 atom stereocenters. The van der Waals surface area contributed by atoms with Gasteiger partial charge in [0.25, 0.3) is 0 Å². The summed E-state index contributed by atoms with van der Waals surface area (Å²) in [6, 6.07) is 8.18. The molecule has 0 heterocycles. The van der Waals surface area contributed by atoms with E-state index in [1.54, 1.807) is 0 Å². The van der Waals surface area contributed by atoms with Gasteiger partial charge in [0.2, 0.25) is 0 Å². The van der Waals surface area contributed by atoms with Gasteiger partial charge in [-0.3, -0.25) is 5.84 Å². The fourth-order valence-corrected chi connectivity index (χ4v) is 1.28. The molecular formula is C11H17N3. The van der Waals surface area contributed by atoms with E-state index in [1.807, 2.05) is 12.1 Å². The molecule has 76 valence electrons. The Morgan fingerprint density at radius 3 is 2.21 bits per heavy atom. The fourth-order valence-electron chi connectivity index (χ4n) is 1.28. The molecule has 0 aromatic heterocycles. The van der Waals surface area contributed by atoms with Crippen molar-refractivity contribution >= 4 is 5.70 Å². The van der Waals surface area contributed by atoms with Crippen molar-refractivity contribution in [1.29, 1.82) is 0 Å². The van der Waals surface area contributed by atoms with Gasteiger partial charge in [0, 0.05) is 11.8 Å². The van der Waals surface area contributed by atoms with Crippen LogP contribution in [0.4, 0.5) is 0 Å². The molecule has 5 N–H and O–H groups in total. The Balaban J connectivity index is 2.93. The Morgan fingerprint density at radius 1 is 1.29 bits per heavy atom. The van der Waals surface area contributed by atoms with E-state index in [1.165, 1.54) is 11.8 Å². The quantitative estimate of drug-likeness (QED) is 0.501. The molecule has 1 rings (SSSR count). The molecule has 0 aliphatic carbocycles. The van der Waals surface area contributed by atoms with E-state index in [9.17, 15) is 0 Å². The van der Waals surface area contributed by atoms with Crippen LogP contribution >= 0.6 is 0 Å². The van der Waals surface area contributed by atoms with Crippen molar-refractivity contribution in [3.63, 3.8) is 0 Å². The number of nitrogens with one attached hydrogen (secondary N) is 1. The molecule has 0 aliphatic heterocycles. The highest BCUT2D eigenvalue weighted by molar-refractivity contribution is 5.63. The van der Waals surface area contributed by atoms with E-state index >= 15 is 0 Å². The first kappa shape index (κ1) is 10.6. The Kier molecular flexibility index (Phi) is 3.54. The van der Waals surface area contributed by atoms with Crippen molar-refractivity contribution < 1.29 is 0 Å². The van der Waals surface area contributed by atoms with E-state index in [0.29, 0.717) is 5.92 Å². The fraction of sp³-hybridized carbons (Fsp3) is 0.273. The third-order valence-corrected chi connectivity index (χ3v) is 2.21. The van der Waals surface area contributed by atoms with Gasteiger partial charge in [0.05, 0.1) is 5.70 Å². The van der Waals surface area contributed by atoms with Crippen LogP contribution < -0.4 is 17.0 Å². The van der Waals surface area contributed by atoms with Crippen molar-refractivity contribution in [2.45, 2.75) is 19.8 Å². The molecule has 0 saturated heterocycles. The normalized spacial score (nSPS) is 11.9. The number of hydrazine groups is 1. The van der Waals surface area contributed by atoms with Crippen LogP contribution in [-0.2, 0) is 0 Å². The molecule has 0 amide bonds. The van der Waals surface area contributed by atoms with Crippen molar-refractivity contribution in [2.75, 3.05) is 0 Å². The molecule has 1 aromatic rings. The molecule has 3 heteroatoms. The van der Waals surface area contributed by atoms with Gasteiger partial charge >= 0.3 is 0 Å². The van der Waals surface area contributed by atoms with E-state index in [2.05, 4.69) is 31.4 Å². The van der Waals surface area contributed by atoms with Crippen LogP contribution in [0.2, 0.25) is 0 Å². The first-order valence-electron chi connectivity index (χ1n) is 4.68. The maximum absolute atomic E-state index is 5.41. The zero-order chi connectivity index (χ0) is 10.6. The minimum Gasteiger partial charge on any atom is -0.403 e. The lowest BCUT2D eigenvalue weighted by molar-refractivity contribution is 0.866. The van der Waals surface area contributed by atoms with Gasteiger partial charge in [0.1, 0.15) is 0 Å². The molecule has 14 heavy (non-hydrogen) atoms. The lowest BCUT2D eigenvalue weighted by Crippen LogP contribution is -2.20. The Morgan fingerprint density at radius 2 is 1.86 bits per heavy atom. The van der Waals surface area contributed by atoms with E-state index in [-0.39, 0.29) is 0 Å². The second-order valence-corrected chi connectivity index (χ2v) is 3.50. The third kappa shape index (κ3) is 2.26. The van der Waals surface area contributed by atoms with Crippen molar-refractivity contribution in [3.8, 4) is 0 Å². The number of hydrogen-bond donors (Lipinski definition) is 3. The van der Waals surface area contributed by atoms with Crippen LogP contribution in [0.15, 0.2) is 30.5 Å². The number of rotatable bonds is 3. The first-order valence-corrected chi connectivity index (χ1v) is 4.68. The van der Waals surface area contributed by atoms with Crippen LogP contribution in [0.25, 0.3) is 5.70 Å². The second kappa shape index (κ2) is 4.67. The van der Waals surface area contributed by atoms with Gasteiger partial charge in [-0.25, -0.2) is 0 Å². The predicted octanol–water partition coefficient (Wildman–Crippen LogP) is 1.53. The zero-order valence-electron chi connectivity index (χ0n) is 8.62. The molecular weight excluding hydrogens is 174 g/mol. The van der Waals surface area contributed by atoms with Gasteiger partial charge in [-0.05, 0) is 11.5 Å². The lowest BCUT2D eigenvalue weighted by atomic mass is 10.0. The standard InChI is InChI=1S/C11H17N3/c1-8(2)9-3-5-10(6-4-9)11(7-12)14-13/h3-8,14H,12-13H2,1-2H3/b11-7-. The topological polar surface area (TPSA) is 64.1 Å². The summed E-state index contributed by atoms with van der Waals surface area (Å²) in [5.41, 5.74) is 11.0. The number of benzene rings is 1. The van der Waals surface area contributed by atoms with E-state index < -0.39 is 0 Å². The summed E-state index contributed by atoms with van der Waals surface area (Å²) in [7, 11) is 0. The summed E-state index contributed by atoms with van der Waals surface area (Å²) in [6.07, 6.45) is 1.46. The summed E-state index contributed by atoms with van der Waals surface area (Å²) in [6.45, 7) is 4.33. The molecule has 0 bridgehead atoms. The highest BCUT2D eigenvalue weighted by Crippen LogP contribution is 2.17. The maximum Gasteiger partial charge on any atom is 0.0713 e. The number of nitrogens with two attached hydrogens (primary N) is 2. The Labute approximate surface area is 84.8 Å². The van der Waals surface area contributed by atoms with Crippen LogP contribution in [0.3, 0.4) is 0 Å². The van der Waals surface area contributed by atoms with Crippen LogP contribution in [-0.4, -0.2) is 0 Å². The third-order valence-electron chi connectivity index (χ3n) is 2.21. The summed E-state index contributed by atoms with van der Waals surface area (Å²) >= 11 is 0. The molecule has 0 fully saturated rings. The van der Waals surface area contributed by atoms with Gasteiger partial charge in [-0.1, -0.05) is 38.1 Å². The molecule has 0 saturated carbocycles. The SMILES string of the molecule is CC(C)c1ccc(/C(=C/N)NN)cc1. The maximum atomic E-state index is 5.41. The first-order chi connectivity index (χ1) is 6.69. The highest BCUT2D eigenvalue weighted by atomic mass is 15.2. The second-order valence-electron chi connectivity index (χ2n) is 3.50. The number of hydrogen-bond acceptors (Lipinski definition) is 3. The van der Waals surface area contributed by atoms with Gasteiger partial charge in [0.15, 0.2) is 0 Å². The smallest absolute Gasteiger partial charge is 0.0713 e. The Hall–Kier alpha value is -1.48. The minimum absolute atomic E-state index is 0.542. The largest absolute Gasteiger partial charge is 0.403 e. The van der Waals surface area contributed by atoms with Crippen LogP contribution in [0.1, 0.15) is 30.9 Å². The minimum atomic E-state index is 0.542. The predicted molar refractivity (Wildman–Crippen MR) is 60.0 cm³/mol. The molecule has 0 aliphatic rings.